The molecule has 0 aliphatic heterocycles. The van der Waals surface area contributed by atoms with E-state index in [2.05, 4.69) is 10.3 Å². The van der Waals surface area contributed by atoms with Crippen molar-refractivity contribution in [1.82, 2.24) is 20.2 Å². The van der Waals surface area contributed by atoms with Crippen LogP contribution >= 0.6 is 11.3 Å². The summed E-state index contributed by atoms with van der Waals surface area (Å²) in [5.74, 6) is 0.300. The molecule has 0 spiro atoms. The Balaban J connectivity index is 1.48. The molecular weight excluding hydrogens is 392 g/mol. The highest BCUT2D eigenvalue weighted by molar-refractivity contribution is 7.18. The van der Waals surface area contributed by atoms with Gasteiger partial charge in [-0.15, -0.1) is 0 Å². The zero-order chi connectivity index (χ0) is 20.6. The van der Waals surface area contributed by atoms with Crippen LogP contribution in [0.2, 0.25) is 0 Å². The summed E-state index contributed by atoms with van der Waals surface area (Å²) in [7, 11) is 1.63. The lowest BCUT2D eigenvalue weighted by Crippen LogP contribution is -2.23. The van der Waals surface area contributed by atoms with Crippen LogP contribution in [0, 0.1) is 0 Å². The molecule has 2 amide bonds. The Morgan fingerprint density at radius 3 is 2.79 bits per heavy atom. The van der Waals surface area contributed by atoms with Gasteiger partial charge in [0.05, 0.1) is 12.8 Å². The van der Waals surface area contributed by atoms with E-state index in [0.717, 1.165) is 47.7 Å². The SMILES string of the molecule is COc1cccc(-c2cn3cc(C(=O)NCCCCCCC(=O)NO)sc3n2)c1. The first kappa shape index (κ1) is 20.8. The second-order valence-corrected chi connectivity index (χ2v) is 7.61. The van der Waals surface area contributed by atoms with Crippen LogP contribution in [0.15, 0.2) is 36.7 Å². The van der Waals surface area contributed by atoms with E-state index in [9.17, 15) is 9.59 Å². The summed E-state index contributed by atoms with van der Waals surface area (Å²) in [6.07, 6.45) is 7.36. The van der Waals surface area contributed by atoms with Crippen LogP contribution in [-0.4, -0.2) is 40.1 Å². The van der Waals surface area contributed by atoms with Crippen LogP contribution in [0.4, 0.5) is 0 Å². The Morgan fingerprint density at radius 1 is 1.21 bits per heavy atom. The van der Waals surface area contributed by atoms with E-state index >= 15 is 0 Å². The monoisotopic (exact) mass is 416 g/mol. The van der Waals surface area contributed by atoms with E-state index in [0.29, 0.717) is 17.8 Å². The fourth-order valence-corrected chi connectivity index (χ4v) is 3.81. The molecule has 0 bridgehead atoms. The van der Waals surface area contributed by atoms with E-state index in [4.69, 9.17) is 9.94 Å². The molecule has 154 valence electrons. The predicted molar refractivity (Wildman–Crippen MR) is 110 cm³/mol. The van der Waals surface area contributed by atoms with Crippen molar-refractivity contribution in [2.75, 3.05) is 13.7 Å². The molecule has 0 atom stereocenters. The van der Waals surface area contributed by atoms with Crippen molar-refractivity contribution in [2.45, 2.75) is 32.1 Å². The third-order valence-corrected chi connectivity index (χ3v) is 5.48. The van der Waals surface area contributed by atoms with Crippen LogP contribution in [0.1, 0.15) is 41.8 Å². The van der Waals surface area contributed by atoms with Gasteiger partial charge < -0.3 is 10.1 Å². The number of rotatable bonds is 10. The number of benzene rings is 1. The molecule has 9 heteroatoms. The predicted octanol–water partition coefficient (Wildman–Crippen LogP) is 3.26. The van der Waals surface area contributed by atoms with E-state index in [-0.39, 0.29) is 11.8 Å². The molecule has 3 N–H and O–H groups in total. The number of imidazole rings is 1. The molecule has 0 aliphatic carbocycles. The van der Waals surface area contributed by atoms with Crippen molar-refractivity contribution in [3.63, 3.8) is 0 Å². The van der Waals surface area contributed by atoms with Crippen LogP contribution in [-0.2, 0) is 4.79 Å². The molecule has 3 rings (SSSR count). The zero-order valence-electron chi connectivity index (χ0n) is 16.2. The summed E-state index contributed by atoms with van der Waals surface area (Å²) in [5.41, 5.74) is 3.41. The molecule has 0 aliphatic rings. The summed E-state index contributed by atoms with van der Waals surface area (Å²) in [5, 5.41) is 11.3. The quantitative estimate of drug-likeness (QED) is 0.267. The number of hydrogen-bond acceptors (Lipinski definition) is 6. The molecule has 0 fully saturated rings. The van der Waals surface area contributed by atoms with Gasteiger partial charge in [0, 0.05) is 30.9 Å². The topological polar surface area (TPSA) is 105 Å². The van der Waals surface area contributed by atoms with Gasteiger partial charge in [-0.2, -0.15) is 0 Å². The number of aromatic nitrogens is 2. The largest absolute Gasteiger partial charge is 0.497 e. The van der Waals surface area contributed by atoms with Crippen molar-refractivity contribution in [1.29, 1.82) is 0 Å². The molecule has 8 nitrogen and oxygen atoms in total. The molecule has 29 heavy (non-hydrogen) atoms. The number of amides is 2. The Bertz CT molecular complexity index is 950. The van der Waals surface area contributed by atoms with Crippen LogP contribution in [0.3, 0.4) is 0 Å². The van der Waals surface area contributed by atoms with Crippen molar-refractivity contribution < 1.29 is 19.5 Å². The minimum atomic E-state index is -0.365. The fraction of sp³-hybridized carbons (Fsp3) is 0.350. The fourth-order valence-electron chi connectivity index (χ4n) is 2.93. The Hall–Kier alpha value is -2.91. The third kappa shape index (κ3) is 5.55. The number of nitrogens with one attached hydrogen (secondary N) is 2. The lowest BCUT2D eigenvalue weighted by molar-refractivity contribution is -0.129. The van der Waals surface area contributed by atoms with Crippen LogP contribution < -0.4 is 15.5 Å². The maximum Gasteiger partial charge on any atom is 0.263 e. The number of ether oxygens (including phenoxy) is 1. The first-order valence-electron chi connectivity index (χ1n) is 9.45. The molecule has 0 unspecified atom stereocenters. The van der Waals surface area contributed by atoms with Gasteiger partial charge >= 0.3 is 0 Å². The van der Waals surface area contributed by atoms with Gasteiger partial charge in [-0.05, 0) is 25.0 Å². The van der Waals surface area contributed by atoms with Gasteiger partial charge in [0.2, 0.25) is 5.91 Å². The molecule has 0 radical (unpaired) electrons. The summed E-state index contributed by atoms with van der Waals surface area (Å²) in [6, 6.07) is 7.70. The Labute approximate surface area is 172 Å². The molecule has 2 heterocycles. The van der Waals surface area contributed by atoms with Crippen LogP contribution in [0.25, 0.3) is 16.2 Å². The van der Waals surface area contributed by atoms with Gasteiger partial charge in [-0.1, -0.05) is 36.3 Å². The van der Waals surface area contributed by atoms with Gasteiger partial charge in [0.15, 0.2) is 4.96 Å². The molecule has 3 aromatic rings. The van der Waals surface area contributed by atoms with E-state index in [1.807, 2.05) is 34.9 Å². The molecule has 2 aromatic heterocycles. The average Bonchev–Trinajstić information content (AvgIpc) is 3.32. The highest BCUT2D eigenvalue weighted by Gasteiger charge is 2.13. The first-order valence-corrected chi connectivity index (χ1v) is 10.3. The van der Waals surface area contributed by atoms with E-state index in [1.165, 1.54) is 11.3 Å². The van der Waals surface area contributed by atoms with Gasteiger partial charge in [-0.3, -0.25) is 19.2 Å². The minimum Gasteiger partial charge on any atom is -0.497 e. The van der Waals surface area contributed by atoms with Crippen molar-refractivity contribution in [3.05, 3.63) is 41.5 Å². The lowest BCUT2D eigenvalue weighted by Gasteiger charge is -2.03. The minimum absolute atomic E-state index is 0.108. The third-order valence-electron chi connectivity index (χ3n) is 4.49. The number of carbonyl (C=O) groups is 2. The van der Waals surface area contributed by atoms with E-state index in [1.54, 1.807) is 18.8 Å². The summed E-state index contributed by atoms with van der Waals surface area (Å²) in [6.45, 7) is 0.584. The van der Waals surface area contributed by atoms with Crippen molar-refractivity contribution in [2.24, 2.45) is 0 Å². The number of hydroxylamine groups is 1. The number of methoxy groups -OCH3 is 1. The maximum atomic E-state index is 12.3. The maximum absolute atomic E-state index is 12.3. The second-order valence-electron chi connectivity index (χ2n) is 6.60. The van der Waals surface area contributed by atoms with Crippen molar-refractivity contribution in [3.8, 4) is 17.0 Å². The molecule has 0 saturated carbocycles. The number of fused-ring (bicyclic) bond motifs is 1. The number of thiazole rings is 1. The number of carbonyl (C=O) groups excluding carboxylic acids is 2. The number of nitrogens with zero attached hydrogens (tertiary/aromatic N) is 2. The average molecular weight is 417 g/mol. The second kappa shape index (κ2) is 10.0. The highest BCUT2D eigenvalue weighted by Crippen LogP contribution is 2.26. The Kier molecular flexibility index (Phi) is 7.20. The summed E-state index contributed by atoms with van der Waals surface area (Å²) < 4.78 is 7.12. The number of hydrogen-bond donors (Lipinski definition) is 3. The molecular formula is C20H24N4O4S. The van der Waals surface area contributed by atoms with Gasteiger partial charge in [-0.25, -0.2) is 10.5 Å². The Morgan fingerprint density at radius 2 is 2.03 bits per heavy atom. The summed E-state index contributed by atoms with van der Waals surface area (Å²) in [4.78, 5) is 29.2. The number of unbranched alkanes of at least 4 members (excludes halogenated alkanes) is 3. The zero-order valence-corrected chi connectivity index (χ0v) is 17.0. The van der Waals surface area contributed by atoms with Crippen LogP contribution in [0.5, 0.6) is 5.75 Å². The van der Waals surface area contributed by atoms with Gasteiger partial charge in [0.25, 0.3) is 5.91 Å². The summed E-state index contributed by atoms with van der Waals surface area (Å²) >= 11 is 1.35. The smallest absolute Gasteiger partial charge is 0.263 e. The molecule has 1 aromatic carbocycles. The lowest BCUT2D eigenvalue weighted by atomic mass is 10.1. The standard InChI is InChI=1S/C20H24N4O4S/c1-28-15-8-6-7-14(11-15)16-12-24-13-17(29-20(24)22-16)19(26)21-10-5-3-2-4-9-18(25)23-27/h6-8,11-13,27H,2-5,9-10H2,1H3,(H,21,26)(H,23,25). The molecule has 0 saturated heterocycles. The van der Waals surface area contributed by atoms with Crippen molar-refractivity contribution >= 4 is 28.1 Å². The first-order chi connectivity index (χ1) is 14.1. The normalized spacial score (nSPS) is 10.8. The highest BCUT2D eigenvalue weighted by atomic mass is 32.1. The van der Waals surface area contributed by atoms with E-state index < -0.39 is 0 Å². The van der Waals surface area contributed by atoms with Gasteiger partial charge in [0.1, 0.15) is 10.6 Å².